The average Bonchev–Trinajstić information content (AvgIpc) is 2.72. The van der Waals surface area contributed by atoms with Crippen LogP contribution in [0.2, 0.25) is 0 Å². The molecule has 1 aromatic rings. The first kappa shape index (κ1) is 14.7. The summed E-state index contributed by atoms with van der Waals surface area (Å²) in [6.07, 6.45) is 4.58. The van der Waals surface area contributed by atoms with E-state index >= 15 is 0 Å². The van der Waals surface area contributed by atoms with Gasteiger partial charge in [-0.05, 0) is 27.2 Å². The molecule has 1 aromatic heterocycles. The molecule has 5 nitrogen and oxygen atoms in total. The normalized spacial score (nSPS) is 12.4. The van der Waals surface area contributed by atoms with E-state index in [1.807, 2.05) is 11.5 Å². The minimum Gasteiger partial charge on any atom is -0.460 e. The van der Waals surface area contributed by atoms with Gasteiger partial charge in [0.1, 0.15) is 5.82 Å². The lowest BCUT2D eigenvalue weighted by Crippen LogP contribution is -2.17. The summed E-state index contributed by atoms with van der Waals surface area (Å²) in [6, 6.07) is 0.228. The van der Waals surface area contributed by atoms with Crippen molar-refractivity contribution in [1.82, 2.24) is 14.8 Å². The van der Waals surface area contributed by atoms with Crippen LogP contribution in [-0.4, -0.2) is 27.3 Å². The molecule has 1 rings (SSSR count). The van der Waals surface area contributed by atoms with Gasteiger partial charge in [-0.25, -0.2) is 4.79 Å². The zero-order valence-electron chi connectivity index (χ0n) is 11.8. The van der Waals surface area contributed by atoms with Crippen molar-refractivity contribution in [3.8, 4) is 0 Å². The summed E-state index contributed by atoms with van der Waals surface area (Å²) in [7, 11) is 0. The number of aromatic nitrogens is 3. The van der Waals surface area contributed by atoms with Crippen molar-refractivity contribution in [2.75, 3.05) is 6.61 Å². The maximum Gasteiger partial charge on any atom is 0.376 e. The van der Waals surface area contributed by atoms with E-state index in [0.717, 1.165) is 18.7 Å². The van der Waals surface area contributed by atoms with Crippen LogP contribution in [0.5, 0.6) is 0 Å². The molecular weight excluding hydrogens is 230 g/mol. The topological polar surface area (TPSA) is 57.0 Å². The highest BCUT2D eigenvalue weighted by atomic mass is 16.5. The maximum atomic E-state index is 11.8. The molecule has 0 bridgehead atoms. The SMILES string of the molecule is CCCCCC(C)n1c(C)nnc1C(=O)OCC. The zero-order valence-corrected chi connectivity index (χ0v) is 11.8. The lowest BCUT2D eigenvalue weighted by molar-refractivity contribution is 0.0502. The van der Waals surface area contributed by atoms with Crippen molar-refractivity contribution in [1.29, 1.82) is 0 Å². The molecule has 102 valence electrons. The van der Waals surface area contributed by atoms with Crippen molar-refractivity contribution in [2.45, 2.75) is 59.4 Å². The molecule has 0 aliphatic rings. The number of nitrogens with zero attached hydrogens (tertiary/aromatic N) is 3. The van der Waals surface area contributed by atoms with E-state index in [1.54, 1.807) is 6.92 Å². The first-order valence-electron chi connectivity index (χ1n) is 6.70. The Balaban J connectivity index is 2.79. The van der Waals surface area contributed by atoms with Crippen molar-refractivity contribution >= 4 is 5.97 Å². The number of ether oxygens (including phenoxy) is 1. The molecular formula is C13H23N3O2. The molecule has 5 heteroatoms. The molecule has 0 aromatic carbocycles. The van der Waals surface area contributed by atoms with Crippen LogP contribution < -0.4 is 0 Å². The number of unbranched alkanes of at least 4 members (excludes halogenated alkanes) is 2. The van der Waals surface area contributed by atoms with Gasteiger partial charge in [0.05, 0.1) is 6.61 Å². The molecule has 0 aliphatic heterocycles. The summed E-state index contributed by atoms with van der Waals surface area (Å²) in [5.74, 6) is 0.695. The maximum absolute atomic E-state index is 11.8. The molecule has 0 saturated carbocycles. The Morgan fingerprint density at radius 2 is 2.06 bits per heavy atom. The second kappa shape index (κ2) is 7.13. The van der Waals surface area contributed by atoms with E-state index in [2.05, 4.69) is 24.0 Å². The van der Waals surface area contributed by atoms with Crippen molar-refractivity contribution in [2.24, 2.45) is 0 Å². The third-order valence-electron chi connectivity index (χ3n) is 2.99. The molecule has 18 heavy (non-hydrogen) atoms. The fourth-order valence-corrected chi connectivity index (χ4v) is 2.05. The van der Waals surface area contributed by atoms with E-state index in [1.165, 1.54) is 12.8 Å². The molecule has 0 aliphatic carbocycles. The molecule has 1 atom stereocenters. The fraction of sp³-hybridized carbons (Fsp3) is 0.769. The third-order valence-corrected chi connectivity index (χ3v) is 2.99. The predicted molar refractivity (Wildman–Crippen MR) is 69.6 cm³/mol. The number of aryl methyl sites for hydroxylation is 1. The highest BCUT2D eigenvalue weighted by molar-refractivity contribution is 5.85. The molecule has 0 saturated heterocycles. The second-order valence-electron chi connectivity index (χ2n) is 4.51. The third kappa shape index (κ3) is 3.55. The predicted octanol–water partition coefficient (Wildman–Crippen LogP) is 2.90. The number of esters is 1. The van der Waals surface area contributed by atoms with Crippen molar-refractivity contribution in [3.63, 3.8) is 0 Å². The molecule has 0 N–H and O–H groups in total. The number of hydrogen-bond acceptors (Lipinski definition) is 4. The van der Waals surface area contributed by atoms with Gasteiger partial charge in [-0.15, -0.1) is 10.2 Å². The Bertz CT molecular complexity index is 388. The average molecular weight is 253 g/mol. The van der Waals surface area contributed by atoms with Gasteiger partial charge in [0.15, 0.2) is 0 Å². The van der Waals surface area contributed by atoms with Crippen molar-refractivity contribution < 1.29 is 9.53 Å². The molecule has 0 radical (unpaired) electrons. The van der Waals surface area contributed by atoms with E-state index in [9.17, 15) is 4.79 Å². The number of hydrogen-bond donors (Lipinski definition) is 0. The van der Waals surface area contributed by atoms with E-state index in [0.29, 0.717) is 12.4 Å². The number of carbonyl (C=O) groups is 1. The standard InChI is InChI=1S/C13H23N3O2/c1-5-7-8-9-10(3)16-11(4)14-15-12(16)13(17)18-6-2/h10H,5-9H2,1-4H3. The van der Waals surface area contributed by atoms with Gasteiger partial charge >= 0.3 is 5.97 Å². The lowest BCUT2D eigenvalue weighted by Gasteiger charge is -2.16. The van der Waals surface area contributed by atoms with Gasteiger partial charge in [-0.1, -0.05) is 26.2 Å². The Labute approximate surface area is 109 Å². The minimum absolute atomic E-state index is 0.228. The van der Waals surface area contributed by atoms with Gasteiger partial charge in [-0.3, -0.25) is 0 Å². The highest BCUT2D eigenvalue weighted by Gasteiger charge is 2.21. The first-order chi connectivity index (χ1) is 8.61. The van der Waals surface area contributed by atoms with Crippen LogP contribution in [0.4, 0.5) is 0 Å². The van der Waals surface area contributed by atoms with Crippen LogP contribution in [0, 0.1) is 6.92 Å². The fourth-order valence-electron chi connectivity index (χ4n) is 2.05. The number of carbonyl (C=O) groups excluding carboxylic acids is 1. The van der Waals surface area contributed by atoms with Crippen molar-refractivity contribution in [3.05, 3.63) is 11.6 Å². The Morgan fingerprint density at radius 1 is 1.33 bits per heavy atom. The monoisotopic (exact) mass is 253 g/mol. The van der Waals surface area contributed by atoms with E-state index < -0.39 is 0 Å². The van der Waals surface area contributed by atoms with Gasteiger partial charge < -0.3 is 9.30 Å². The summed E-state index contributed by atoms with van der Waals surface area (Å²) in [4.78, 5) is 11.8. The van der Waals surface area contributed by atoms with Crippen LogP contribution >= 0.6 is 0 Å². The second-order valence-corrected chi connectivity index (χ2v) is 4.51. The molecule has 1 heterocycles. The van der Waals surface area contributed by atoms with Crippen LogP contribution in [0.25, 0.3) is 0 Å². The first-order valence-corrected chi connectivity index (χ1v) is 6.70. The van der Waals surface area contributed by atoms with Gasteiger partial charge in [0, 0.05) is 6.04 Å². The summed E-state index contributed by atoms with van der Waals surface area (Å²) >= 11 is 0. The largest absolute Gasteiger partial charge is 0.460 e. The lowest BCUT2D eigenvalue weighted by atomic mass is 10.1. The zero-order chi connectivity index (χ0) is 13.5. The summed E-state index contributed by atoms with van der Waals surface area (Å²) in [6.45, 7) is 8.28. The number of rotatable bonds is 7. The summed E-state index contributed by atoms with van der Waals surface area (Å²) in [5, 5.41) is 7.90. The van der Waals surface area contributed by atoms with E-state index in [4.69, 9.17) is 4.74 Å². The molecule has 0 fully saturated rings. The Kier molecular flexibility index (Phi) is 5.82. The van der Waals surface area contributed by atoms with Crippen LogP contribution in [-0.2, 0) is 4.74 Å². The van der Waals surface area contributed by atoms with Gasteiger partial charge in [0.25, 0.3) is 0 Å². The highest BCUT2D eigenvalue weighted by Crippen LogP contribution is 2.19. The van der Waals surface area contributed by atoms with Gasteiger partial charge in [0.2, 0.25) is 5.82 Å². The quantitative estimate of drug-likeness (QED) is 0.554. The van der Waals surface area contributed by atoms with Crippen LogP contribution in [0.3, 0.4) is 0 Å². The Morgan fingerprint density at radius 3 is 2.67 bits per heavy atom. The van der Waals surface area contributed by atoms with Crippen LogP contribution in [0.1, 0.15) is 68.9 Å². The van der Waals surface area contributed by atoms with Gasteiger partial charge in [-0.2, -0.15) is 0 Å². The molecule has 1 unspecified atom stereocenters. The minimum atomic E-state index is -0.388. The Hall–Kier alpha value is -1.39. The molecule has 0 spiro atoms. The molecule has 0 amide bonds. The van der Waals surface area contributed by atoms with E-state index in [-0.39, 0.29) is 12.0 Å². The summed E-state index contributed by atoms with van der Waals surface area (Å²) < 4.78 is 6.88. The van der Waals surface area contributed by atoms with Crippen LogP contribution in [0.15, 0.2) is 0 Å². The smallest absolute Gasteiger partial charge is 0.376 e. The summed E-state index contributed by atoms with van der Waals surface area (Å²) in [5.41, 5.74) is 0.